The number of non-ortho nitro benzene ring substituents is 2. The minimum atomic E-state index is -0.928. The molecule has 3 aromatic carbocycles. The van der Waals surface area contributed by atoms with Crippen LogP contribution in [-0.2, 0) is 0 Å². The molecule has 2 N–H and O–H groups in total. The van der Waals surface area contributed by atoms with Gasteiger partial charge in [0.1, 0.15) is 23.1 Å². The molecule has 0 saturated carbocycles. The average Bonchev–Trinajstić information content (AvgIpc) is 2.83. The predicted octanol–water partition coefficient (Wildman–Crippen LogP) is 4.59. The molecule has 0 saturated heterocycles. The molecule has 11 nitrogen and oxygen atoms in total. The van der Waals surface area contributed by atoms with Crippen LogP contribution in [0.4, 0.5) is 11.4 Å². The fraction of sp³-hybridized carbons (Fsp3) is 0.0435. The summed E-state index contributed by atoms with van der Waals surface area (Å²) < 4.78 is 10.9. The molecule has 3 aromatic rings. The summed E-state index contributed by atoms with van der Waals surface area (Å²) in [6.45, 7) is 0. The lowest BCUT2D eigenvalue weighted by atomic mass is 9.83. The molecule has 4 rings (SSSR count). The second-order valence-electron chi connectivity index (χ2n) is 7.28. The summed E-state index contributed by atoms with van der Waals surface area (Å²) in [4.78, 5) is 33.4. The molecule has 0 fully saturated rings. The van der Waals surface area contributed by atoms with E-state index in [0.29, 0.717) is 11.1 Å². The molecular weight excluding hydrogens is 480 g/mol. The maximum Gasteiger partial charge on any atom is 0.345 e. The van der Waals surface area contributed by atoms with Crippen molar-refractivity contribution < 1.29 is 24.1 Å². The van der Waals surface area contributed by atoms with Crippen LogP contribution in [0.25, 0.3) is 0 Å². The van der Waals surface area contributed by atoms with E-state index in [-0.39, 0.29) is 44.9 Å². The minimum Gasteiger partial charge on any atom is -0.440 e. The van der Waals surface area contributed by atoms with Gasteiger partial charge in [0, 0.05) is 35.9 Å². The molecule has 174 valence electrons. The van der Waals surface area contributed by atoms with Gasteiger partial charge < -0.3 is 15.2 Å². The Morgan fingerprint density at radius 1 is 1.03 bits per heavy atom. The number of esters is 1. The summed E-state index contributed by atoms with van der Waals surface area (Å²) in [5, 5.41) is 31.6. The van der Waals surface area contributed by atoms with Crippen LogP contribution < -0.4 is 15.2 Å². The highest BCUT2D eigenvalue weighted by Gasteiger charge is 2.31. The largest absolute Gasteiger partial charge is 0.440 e. The molecule has 1 atom stereocenters. The van der Waals surface area contributed by atoms with Crippen LogP contribution in [0.2, 0.25) is 5.02 Å². The highest BCUT2D eigenvalue weighted by molar-refractivity contribution is 6.33. The van der Waals surface area contributed by atoms with E-state index >= 15 is 0 Å². The molecule has 0 spiro atoms. The Hall–Kier alpha value is -4.95. The Bertz CT molecular complexity index is 1460. The number of allylic oxidation sites excluding steroid dienone is 1. The van der Waals surface area contributed by atoms with E-state index in [0.717, 1.165) is 12.1 Å². The van der Waals surface area contributed by atoms with Crippen LogP contribution in [0.1, 0.15) is 27.4 Å². The Labute approximate surface area is 201 Å². The Balaban J connectivity index is 1.68. The molecule has 0 aliphatic carbocycles. The second-order valence-corrected chi connectivity index (χ2v) is 7.69. The van der Waals surface area contributed by atoms with Gasteiger partial charge in [-0.2, -0.15) is 5.26 Å². The molecule has 0 radical (unpaired) electrons. The molecule has 1 heterocycles. The zero-order valence-corrected chi connectivity index (χ0v) is 18.3. The number of carbonyl (C=O) groups excluding carboxylic acids is 1. The van der Waals surface area contributed by atoms with Crippen LogP contribution in [0.5, 0.6) is 11.5 Å². The lowest BCUT2D eigenvalue weighted by Crippen LogP contribution is -2.21. The van der Waals surface area contributed by atoms with Gasteiger partial charge in [0.15, 0.2) is 0 Å². The van der Waals surface area contributed by atoms with E-state index in [2.05, 4.69) is 0 Å². The number of ether oxygens (including phenoxy) is 2. The molecule has 0 bridgehead atoms. The maximum absolute atomic E-state index is 12.6. The average molecular weight is 493 g/mol. The summed E-state index contributed by atoms with van der Waals surface area (Å²) in [5.41, 5.74) is 6.50. The van der Waals surface area contributed by atoms with Gasteiger partial charge in [0.2, 0.25) is 5.88 Å². The van der Waals surface area contributed by atoms with Crippen LogP contribution in [0, 0.1) is 31.6 Å². The maximum atomic E-state index is 12.6. The Kier molecular flexibility index (Phi) is 6.05. The van der Waals surface area contributed by atoms with Gasteiger partial charge in [-0.05, 0) is 17.7 Å². The first-order valence-electron chi connectivity index (χ1n) is 9.81. The van der Waals surface area contributed by atoms with Crippen molar-refractivity contribution in [2.45, 2.75) is 5.92 Å². The first-order valence-corrected chi connectivity index (χ1v) is 10.2. The van der Waals surface area contributed by atoms with Gasteiger partial charge in [-0.25, -0.2) is 4.79 Å². The molecular formula is C23H13ClN4O7. The number of nitriles is 1. The number of hydrogen-bond donors (Lipinski definition) is 1. The number of carbonyl (C=O) groups is 1. The molecule has 1 unspecified atom stereocenters. The number of nitrogens with zero attached hydrogens (tertiary/aromatic N) is 3. The molecule has 12 heteroatoms. The third-order valence-electron chi connectivity index (χ3n) is 5.22. The van der Waals surface area contributed by atoms with Crippen molar-refractivity contribution in [1.29, 1.82) is 5.26 Å². The molecule has 35 heavy (non-hydrogen) atoms. The summed E-state index contributed by atoms with van der Waals surface area (Å²) in [6.07, 6.45) is 0. The third-order valence-corrected chi connectivity index (χ3v) is 5.55. The zero-order valence-electron chi connectivity index (χ0n) is 17.5. The number of benzene rings is 3. The van der Waals surface area contributed by atoms with Crippen molar-refractivity contribution in [3.8, 4) is 17.6 Å². The minimum absolute atomic E-state index is 0.0288. The van der Waals surface area contributed by atoms with Crippen molar-refractivity contribution in [2.75, 3.05) is 0 Å². The second kappa shape index (κ2) is 9.12. The Morgan fingerprint density at radius 3 is 2.31 bits per heavy atom. The van der Waals surface area contributed by atoms with Crippen LogP contribution in [-0.4, -0.2) is 15.8 Å². The third kappa shape index (κ3) is 4.46. The number of nitrogens with two attached hydrogens (primary N) is 1. The molecule has 0 amide bonds. The number of halogens is 1. The van der Waals surface area contributed by atoms with E-state index in [4.69, 9.17) is 26.8 Å². The highest BCUT2D eigenvalue weighted by Crippen LogP contribution is 2.43. The van der Waals surface area contributed by atoms with Gasteiger partial charge in [-0.15, -0.1) is 0 Å². The van der Waals surface area contributed by atoms with E-state index in [1.807, 2.05) is 6.07 Å². The normalized spacial score (nSPS) is 14.3. The Morgan fingerprint density at radius 2 is 1.69 bits per heavy atom. The lowest BCUT2D eigenvalue weighted by Gasteiger charge is -2.26. The molecule has 1 aliphatic heterocycles. The van der Waals surface area contributed by atoms with Crippen LogP contribution in [0.15, 0.2) is 72.1 Å². The van der Waals surface area contributed by atoms with Crippen molar-refractivity contribution in [3.63, 3.8) is 0 Å². The first-order chi connectivity index (χ1) is 16.7. The predicted molar refractivity (Wildman–Crippen MR) is 122 cm³/mol. The van der Waals surface area contributed by atoms with E-state index in [1.54, 1.807) is 6.07 Å². The monoisotopic (exact) mass is 492 g/mol. The summed E-state index contributed by atoms with van der Waals surface area (Å²) in [7, 11) is 0. The fourth-order valence-electron chi connectivity index (χ4n) is 3.58. The number of hydrogen-bond acceptors (Lipinski definition) is 9. The standard InChI is InChI=1S/C23H13ClN4O7/c24-19-8-5-14(28(32)33)9-17(19)23(29)34-15-6-7-16-20(10-15)35-22(26)18(11-25)21(16)12-1-3-13(4-2-12)27(30)31/h1-10,21H,26H2. The summed E-state index contributed by atoms with van der Waals surface area (Å²) in [6, 6.07) is 15.4. The summed E-state index contributed by atoms with van der Waals surface area (Å²) >= 11 is 6.00. The highest BCUT2D eigenvalue weighted by atomic mass is 35.5. The van der Waals surface area contributed by atoms with Crippen molar-refractivity contribution >= 4 is 28.9 Å². The zero-order chi connectivity index (χ0) is 25.3. The lowest BCUT2D eigenvalue weighted by molar-refractivity contribution is -0.385. The van der Waals surface area contributed by atoms with Gasteiger partial charge in [-0.1, -0.05) is 29.8 Å². The summed E-state index contributed by atoms with van der Waals surface area (Å²) in [5.74, 6) is -1.55. The van der Waals surface area contributed by atoms with Gasteiger partial charge >= 0.3 is 5.97 Å². The van der Waals surface area contributed by atoms with Gasteiger partial charge in [0.05, 0.1) is 26.4 Å². The van der Waals surface area contributed by atoms with Gasteiger partial charge in [-0.3, -0.25) is 20.2 Å². The molecule has 1 aliphatic rings. The first kappa shape index (κ1) is 23.2. The number of rotatable bonds is 5. The smallest absolute Gasteiger partial charge is 0.345 e. The van der Waals surface area contributed by atoms with E-state index < -0.39 is 21.7 Å². The topological polar surface area (TPSA) is 172 Å². The number of fused-ring (bicyclic) bond motifs is 1. The van der Waals surface area contributed by atoms with Crippen LogP contribution in [0.3, 0.4) is 0 Å². The van der Waals surface area contributed by atoms with Crippen molar-refractivity contribution in [2.24, 2.45) is 5.73 Å². The molecule has 0 aromatic heterocycles. The quantitative estimate of drug-likeness (QED) is 0.231. The fourth-order valence-corrected chi connectivity index (χ4v) is 3.77. The van der Waals surface area contributed by atoms with Gasteiger partial charge in [0.25, 0.3) is 11.4 Å². The van der Waals surface area contributed by atoms with E-state index in [1.165, 1.54) is 42.5 Å². The van der Waals surface area contributed by atoms with Crippen molar-refractivity contribution in [3.05, 3.63) is 114 Å². The van der Waals surface area contributed by atoms with E-state index in [9.17, 15) is 30.3 Å². The van der Waals surface area contributed by atoms with Crippen LogP contribution >= 0.6 is 11.6 Å². The van der Waals surface area contributed by atoms with Crippen molar-refractivity contribution in [1.82, 2.24) is 0 Å². The number of nitro benzene ring substituents is 2. The SMILES string of the molecule is N#CC1=C(N)Oc2cc(OC(=O)c3cc([N+](=O)[O-])ccc3Cl)ccc2C1c1ccc([N+](=O)[O-])cc1. The number of nitro groups is 2.